The van der Waals surface area contributed by atoms with Crippen molar-refractivity contribution in [3.05, 3.63) is 59.4 Å². The lowest BCUT2D eigenvalue weighted by atomic mass is 9.98. The summed E-state index contributed by atoms with van der Waals surface area (Å²) in [5.41, 5.74) is 3.48. The lowest BCUT2D eigenvalue weighted by Gasteiger charge is -2.29. The van der Waals surface area contributed by atoms with E-state index >= 15 is 0 Å². The highest BCUT2D eigenvalue weighted by Crippen LogP contribution is 2.33. The zero-order valence-corrected chi connectivity index (χ0v) is 14.3. The molecule has 0 unspecified atom stereocenters. The summed E-state index contributed by atoms with van der Waals surface area (Å²) < 4.78 is 12.9. The Balaban J connectivity index is 1.41. The lowest BCUT2D eigenvalue weighted by Crippen LogP contribution is -2.36. The zero-order valence-electron chi connectivity index (χ0n) is 14.3. The molecule has 3 amide bonds. The monoisotopic (exact) mass is 353 g/mol. The van der Waals surface area contributed by atoms with Gasteiger partial charge in [0.05, 0.1) is 0 Å². The van der Waals surface area contributed by atoms with Crippen LogP contribution in [0.3, 0.4) is 0 Å². The average molecular weight is 353 g/mol. The largest absolute Gasteiger partial charge is 0.338 e. The Labute approximate surface area is 151 Å². The van der Waals surface area contributed by atoms with Crippen molar-refractivity contribution in [2.45, 2.75) is 25.8 Å². The normalized spacial score (nSPS) is 16.0. The van der Waals surface area contributed by atoms with E-state index in [-0.39, 0.29) is 17.6 Å². The molecule has 0 radical (unpaired) electrons. The van der Waals surface area contributed by atoms with E-state index in [0.29, 0.717) is 17.9 Å². The van der Waals surface area contributed by atoms with Crippen molar-refractivity contribution in [3.63, 3.8) is 0 Å². The van der Waals surface area contributed by atoms with E-state index in [9.17, 15) is 14.0 Å². The molecule has 0 saturated heterocycles. The fourth-order valence-corrected chi connectivity index (χ4v) is 3.24. The fraction of sp³-hybridized carbons (Fsp3) is 0.300. The van der Waals surface area contributed by atoms with Crippen LogP contribution in [0.1, 0.15) is 24.0 Å². The second kappa shape index (κ2) is 6.78. The standard InChI is InChI=1S/C20H20FN3O2/c21-16-4-7-17(8-5-16)22-20(26)23-18-6-3-13-9-10-24(12-15(13)11-18)19(25)14-1-2-14/h3-8,11,14H,1-2,9-10,12H2,(H2,22,23,26). The van der Waals surface area contributed by atoms with Crippen LogP contribution in [-0.4, -0.2) is 23.4 Å². The van der Waals surface area contributed by atoms with Gasteiger partial charge in [0.15, 0.2) is 0 Å². The quantitative estimate of drug-likeness (QED) is 0.882. The molecule has 0 atom stereocenters. The molecule has 1 saturated carbocycles. The van der Waals surface area contributed by atoms with Gasteiger partial charge in [-0.25, -0.2) is 9.18 Å². The lowest BCUT2D eigenvalue weighted by molar-refractivity contribution is -0.133. The van der Waals surface area contributed by atoms with Crippen LogP contribution in [0, 0.1) is 11.7 Å². The Morgan fingerprint density at radius 3 is 2.38 bits per heavy atom. The Morgan fingerprint density at radius 1 is 0.962 bits per heavy atom. The van der Waals surface area contributed by atoms with Gasteiger partial charge < -0.3 is 15.5 Å². The smallest absolute Gasteiger partial charge is 0.323 e. The van der Waals surface area contributed by atoms with E-state index in [0.717, 1.165) is 31.4 Å². The van der Waals surface area contributed by atoms with Crippen LogP contribution in [0.25, 0.3) is 0 Å². The van der Waals surface area contributed by atoms with E-state index in [1.54, 1.807) is 0 Å². The summed E-state index contributed by atoms with van der Waals surface area (Å²) >= 11 is 0. The van der Waals surface area contributed by atoms with Gasteiger partial charge in [0.2, 0.25) is 5.91 Å². The predicted octanol–water partition coefficient (Wildman–Crippen LogP) is 3.76. The Kier molecular flexibility index (Phi) is 4.32. The number of rotatable bonds is 3. The van der Waals surface area contributed by atoms with Crippen LogP contribution in [0.5, 0.6) is 0 Å². The number of fused-ring (bicyclic) bond motifs is 1. The molecule has 0 bridgehead atoms. The molecule has 4 rings (SSSR count). The van der Waals surface area contributed by atoms with Crippen LogP contribution in [0.2, 0.25) is 0 Å². The van der Waals surface area contributed by atoms with Crippen molar-refractivity contribution < 1.29 is 14.0 Å². The third-order valence-electron chi connectivity index (χ3n) is 4.82. The maximum atomic E-state index is 12.9. The van der Waals surface area contributed by atoms with Crippen LogP contribution >= 0.6 is 0 Å². The minimum absolute atomic E-state index is 0.222. The molecule has 2 aromatic carbocycles. The molecule has 6 heteroatoms. The van der Waals surface area contributed by atoms with Crippen molar-refractivity contribution in [2.75, 3.05) is 17.2 Å². The molecule has 1 heterocycles. The van der Waals surface area contributed by atoms with Crippen LogP contribution < -0.4 is 10.6 Å². The zero-order chi connectivity index (χ0) is 18.1. The van der Waals surface area contributed by atoms with Gasteiger partial charge in [0.25, 0.3) is 0 Å². The van der Waals surface area contributed by atoms with Gasteiger partial charge in [-0.05, 0) is 66.8 Å². The number of benzene rings is 2. The summed E-state index contributed by atoms with van der Waals surface area (Å²) in [5, 5.41) is 5.45. The summed E-state index contributed by atoms with van der Waals surface area (Å²) in [6.45, 7) is 1.36. The maximum absolute atomic E-state index is 12.9. The third kappa shape index (κ3) is 3.69. The van der Waals surface area contributed by atoms with Gasteiger partial charge in [-0.1, -0.05) is 6.07 Å². The highest BCUT2D eigenvalue weighted by Gasteiger charge is 2.34. The Hall–Kier alpha value is -2.89. The molecular formula is C20H20FN3O2. The maximum Gasteiger partial charge on any atom is 0.323 e. The molecule has 2 aromatic rings. The van der Waals surface area contributed by atoms with Crippen molar-refractivity contribution in [1.82, 2.24) is 4.90 Å². The number of halogens is 1. The van der Waals surface area contributed by atoms with Crippen molar-refractivity contribution in [3.8, 4) is 0 Å². The van der Waals surface area contributed by atoms with E-state index in [4.69, 9.17) is 0 Å². The number of nitrogens with one attached hydrogen (secondary N) is 2. The number of carbonyl (C=O) groups excluding carboxylic acids is 2. The van der Waals surface area contributed by atoms with E-state index in [1.807, 2.05) is 23.1 Å². The van der Waals surface area contributed by atoms with Crippen LogP contribution in [0.15, 0.2) is 42.5 Å². The molecule has 2 aliphatic rings. The highest BCUT2D eigenvalue weighted by molar-refractivity contribution is 5.99. The molecule has 0 spiro atoms. The van der Waals surface area contributed by atoms with Gasteiger partial charge in [-0.15, -0.1) is 0 Å². The molecule has 134 valence electrons. The van der Waals surface area contributed by atoms with Crippen LogP contribution in [-0.2, 0) is 17.8 Å². The minimum atomic E-state index is -0.390. The van der Waals surface area contributed by atoms with Crippen molar-refractivity contribution >= 4 is 23.3 Å². The summed E-state index contributed by atoms with van der Waals surface area (Å²) in [6, 6.07) is 11.0. The predicted molar refractivity (Wildman–Crippen MR) is 97.3 cm³/mol. The van der Waals surface area contributed by atoms with Gasteiger partial charge >= 0.3 is 6.03 Å². The number of carbonyl (C=O) groups is 2. The van der Waals surface area contributed by atoms with E-state index < -0.39 is 6.03 Å². The molecule has 5 nitrogen and oxygen atoms in total. The topological polar surface area (TPSA) is 61.4 Å². The molecule has 1 aliphatic carbocycles. The first kappa shape index (κ1) is 16.6. The molecular weight excluding hydrogens is 333 g/mol. The molecule has 1 fully saturated rings. The third-order valence-corrected chi connectivity index (χ3v) is 4.82. The molecule has 0 aromatic heterocycles. The summed E-state index contributed by atoms with van der Waals surface area (Å²) in [6.07, 6.45) is 2.86. The number of hydrogen-bond donors (Lipinski definition) is 2. The highest BCUT2D eigenvalue weighted by atomic mass is 19.1. The van der Waals surface area contributed by atoms with E-state index in [1.165, 1.54) is 29.8 Å². The van der Waals surface area contributed by atoms with Gasteiger partial charge in [0, 0.05) is 30.4 Å². The second-order valence-electron chi connectivity index (χ2n) is 6.85. The summed E-state index contributed by atoms with van der Waals surface area (Å²) in [4.78, 5) is 26.3. The Bertz CT molecular complexity index is 847. The first-order chi connectivity index (χ1) is 12.6. The molecule has 2 N–H and O–H groups in total. The van der Waals surface area contributed by atoms with Crippen LogP contribution in [0.4, 0.5) is 20.6 Å². The minimum Gasteiger partial charge on any atom is -0.338 e. The summed E-state index contributed by atoms with van der Waals surface area (Å²) in [7, 11) is 0. The number of nitrogens with zero attached hydrogens (tertiary/aromatic N) is 1. The van der Waals surface area contributed by atoms with Crippen molar-refractivity contribution in [1.29, 1.82) is 0 Å². The first-order valence-electron chi connectivity index (χ1n) is 8.82. The fourth-order valence-electron chi connectivity index (χ4n) is 3.24. The SMILES string of the molecule is O=C(Nc1ccc(F)cc1)Nc1ccc2c(c1)CN(C(=O)C1CC1)CC2. The first-order valence-corrected chi connectivity index (χ1v) is 8.82. The number of anilines is 2. The van der Waals surface area contributed by atoms with Gasteiger partial charge in [-0.2, -0.15) is 0 Å². The Morgan fingerprint density at radius 2 is 1.65 bits per heavy atom. The summed E-state index contributed by atoms with van der Waals surface area (Å²) in [5.74, 6) is 0.123. The molecule has 1 aliphatic heterocycles. The molecule has 26 heavy (non-hydrogen) atoms. The number of amides is 3. The average Bonchev–Trinajstić information content (AvgIpc) is 3.47. The van der Waals surface area contributed by atoms with Gasteiger partial charge in [0.1, 0.15) is 5.82 Å². The van der Waals surface area contributed by atoms with Crippen molar-refractivity contribution in [2.24, 2.45) is 5.92 Å². The second-order valence-corrected chi connectivity index (χ2v) is 6.85. The number of hydrogen-bond acceptors (Lipinski definition) is 2. The van der Waals surface area contributed by atoms with Gasteiger partial charge in [-0.3, -0.25) is 4.79 Å². The number of urea groups is 1. The van der Waals surface area contributed by atoms with E-state index in [2.05, 4.69) is 10.6 Å².